The highest BCUT2D eigenvalue weighted by molar-refractivity contribution is 5.69. The Labute approximate surface area is 189 Å². The summed E-state index contributed by atoms with van der Waals surface area (Å²) in [6, 6.07) is 14.7. The Morgan fingerprint density at radius 1 is 1.16 bits per heavy atom. The van der Waals surface area contributed by atoms with Crippen LogP contribution in [0.3, 0.4) is 0 Å². The average Bonchev–Trinajstić information content (AvgIpc) is 3.41. The minimum Gasteiger partial charge on any atom is -0.493 e. The molecule has 0 bridgehead atoms. The number of carboxylic acids is 1. The highest BCUT2D eigenvalue weighted by Crippen LogP contribution is 2.51. The number of carboxylic acid groups (broad SMARTS) is 1. The lowest BCUT2D eigenvalue weighted by Gasteiger charge is -2.42. The number of methoxy groups -OCH3 is 1. The molecule has 1 aliphatic carbocycles. The molecule has 2 fully saturated rings. The van der Waals surface area contributed by atoms with Crippen molar-refractivity contribution in [3.05, 3.63) is 53.6 Å². The lowest BCUT2D eigenvalue weighted by Crippen LogP contribution is -2.55. The topological polar surface area (TPSA) is 62.2 Å². The first-order valence-electron chi connectivity index (χ1n) is 11.7. The molecule has 5 rings (SSSR count). The molecule has 32 heavy (non-hydrogen) atoms. The summed E-state index contributed by atoms with van der Waals surface area (Å²) in [7, 11) is 1.71. The van der Waals surface area contributed by atoms with E-state index in [0.717, 1.165) is 56.8 Å². The Kier molecular flexibility index (Phi) is 5.72. The summed E-state index contributed by atoms with van der Waals surface area (Å²) in [5, 5.41) is 9.45. The van der Waals surface area contributed by atoms with Crippen LogP contribution in [-0.4, -0.2) is 60.9 Å². The van der Waals surface area contributed by atoms with Gasteiger partial charge in [-0.1, -0.05) is 30.3 Å². The second-order valence-corrected chi connectivity index (χ2v) is 9.42. The molecule has 2 aliphatic heterocycles. The Hall–Kier alpha value is -2.73. The minimum atomic E-state index is -0.765. The molecule has 2 heterocycles. The molecule has 1 saturated carbocycles. The summed E-state index contributed by atoms with van der Waals surface area (Å²) in [6.07, 6.45) is 6.43. The van der Waals surface area contributed by atoms with Crippen LogP contribution < -0.4 is 14.4 Å². The first kappa shape index (κ1) is 21.1. The van der Waals surface area contributed by atoms with E-state index in [2.05, 4.69) is 28.0 Å². The summed E-state index contributed by atoms with van der Waals surface area (Å²) in [5.41, 5.74) is 3.65. The van der Waals surface area contributed by atoms with Gasteiger partial charge in [0.2, 0.25) is 0 Å². The quantitative estimate of drug-likeness (QED) is 0.744. The molecule has 1 N–H and O–H groups in total. The van der Waals surface area contributed by atoms with Crippen LogP contribution in [0.1, 0.15) is 36.8 Å². The zero-order chi connectivity index (χ0) is 22.1. The fourth-order valence-corrected chi connectivity index (χ4v) is 5.78. The first-order chi connectivity index (χ1) is 15.6. The smallest absolute Gasteiger partial charge is 0.317 e. The molecule has 3 aliphatic rings. The Morgan fingerprint density at radius 2 is 1.94 bits per heavy atom. The van der Waals surface area contributed by atoms with Crippen LogP contribution in [-0.2, 0) is 17.6 Å². The van der Waals surface area contributed by atoms with Crippen LogP contribution >= 0.6 is 0 Å². The molecule has 0 radical (unpaired) electrons. The fourth-order valence-electron chi connectivity index (χ4n) is 5.78. The van der Waals surface area contributed by atoms with E-state index < -0.39 is 5.97 Å². The maximum absolute atomic E-state index is 11.5. The summed E-state index contributed by atoms with van der Waals surface area (Å²) < 4.78 is 12.2. The van der Waals surface area contributed by atoms with Crippen molar-refractivity contribution in [2.75, 3.05) is 38.2 Å². The third-order valence-electron chi connectivity index (χ3n) is 7.35. The van der Waals surface area contributed by atoms with Gasteiger partial charge in [-0.15, -0.1) is 0 Å². The van der Waals surface area contributed by atoms with E-state index >= 15 is 0 Å². The monoisotopic (exact) mass is 436 g/mol. The first-order valence-corrected chi connectivity index (χ1v) is 11.7. The maximum atomic E-state index is 11.5. The van der Waals surface area contributed by atoms with Gasteiger partial charge in [-0.25, -0.2) is 0 Å². The number of hydrogen-bond acceptors (Lipinski definition) is 5. The Bertz CT molecular complexity index is 971. The number of benzene rings is 2. The van der Waals surface area contributed by atoms with Crippen molar-refractivity contribution in [3.8, 4) is 11.5 Å². The molecule has 170 valence electrons. The van der Waals surface area contributed by atoms with Crippen molar-refractivity contribution < 1.29 is 19.4 Å². The van der Waals surface area contributed by atoms with Gasteiger partial charge >= 0.3 is 5.97 Å². The van der Waals surface area contributed by atoms with Crippen molar-refractivity contribution in [1.29, 1.82) is 0 Å². The number of carbonyl (C=O) groups is 1. The van der Waals surface area contributed by atoms with Crippen molar-refractivity contribution in [2.45, 2.75) is 50.2 Å². The minimum absolute atomic E-state index is 0.0692. The van der Waals surface area contributed by atoms with Crippen LogP contribution in [0.25, 0.3) is 0 Å². The van der Waals surface area contributed by atoms with Crippen LogP contribution in [0.5, 0.6) is 11.5 Å². The van der Waals surface area contributed by atoms with Gasteiger partial charge in [-0.2, -0.15) is 0 Å². The van der Waals surface area contributed by atoms with E-state index in [4.69, 9.17) is 9.47 Å². The van der Waals surface area contributed by atoms with Gasteiger partial charge in [-0.3, -0.25) is 9.69 Å². The molecule has 2 aromatic carbocycles. The summed E-state index contributed by atoms with van der Waals surface area (Å²) in [6.45, 7) is 2.42. The zero-order valence-corrected chi connectivity index (χ0v) is 18.8. The second-order valence-electron chi connectivity index (χ2n) is 9.42. The molecule has 1 atom stereocenters. The van der Waals surface area contributed by atoms with E-state index in [1.165, 1.54) is 29.7 Å². The lowest BCUT2D eigenvalue weighted by atomic mass is 9.93. The van der Waals surface area contributed by atoms with E-state index in [1.54, 1.807) is 7.11 Å². The molecular weight excluding hydrogens is 404 g/mol. The van der Waals surface area contributed by atoms with E-state index in [0.29, 0.717) is 0 Å². The van der Waals surface area contributed by atoms with Crippen molar-refractivity contribution in [2.24, 2.45) is 0 Å². The number of hydrogen-bond donors (Lipinski definition) is 1. The molecule has 0 amide bonds. The molecule has 6 heteroatoms. The molecule has 1 spiro atoms. The predicted molar refractivity (Wildman–Crippen MR) is 124 cm³/mol. The van der Waals surface area contributed by atoms with Gasteiger partial charge in [0, 0.05) is 43.3 Å². The van der Waals surface area contributed by atoms with Gasteiger partial charge in [0.15, 0.2) is 11.5 Å². The molecule has 0 unspecified atom stereocenters. The number of rotatable bonds is 6. The van der Waals surface area contributed by atoms with Crippen LogP contribution in [0.4, 0.5) is 5.69 Å². The largest absolute Gasteiger partial charge is 0.493 e. The number of nitrogens with zero attached hydrogens (tertiary/aromatic N) is 2. The normalized spacial score (nSPS) is 22.0. The van der Waals surface area contributed by atoms with Gasteiger partial charge in [0.05, 0.1) is 13.7 Å². The molecule has 0 aromatic heterocycles. The summed E-state index contributed by atoms with van der Waals surface area (Å²) >= 11 is 0. The maximum Gasteiger partial charge on any atom is 0.317 e. The SMILES string of the molecule is COc1ccc(N2CCN(CC(=O)O)[C@@H](Cc3ccccc3)C2)c2c1OC1(CCCC1)C2. The van der Waals surface area contributed by atoms with Crippen molar-refractivity contribution in [1.82, 2.24) is 4.90 Å². The molecule has 1 saturated heterocycles. The van der Waals surface area contributed by atoms with Gasteiger partial charge < -0.3 is 19.5 Å². The predicted octanol–water partition coefficient (Wildman–Crippen LogP) is 3.76. The van der Waals surface area contributed by atoms with Crippen molar-refractivity contribution >= 4 is 11.7 Å². The van der Waals surface area contributed by atoms with Crippen LogP contribution in [0.2, 0.25) is 0 Å². The number of aliphatic carboxylic acids is 1. The van der Waals surface area contributed by atoms with Gasteiger partial charge in [-0.05, 0) is 49.8 Å². The average molecular weight is 437 g/mol. The standard InChI is InChI=1S/C26H32N2O4/c1-31-23-10-9-22(21-16-26(32-25(21)23)11-5-6-12-26)28-14-13-27(18-24(29)30)20(17-28)15-19-7-3-2-4-8-19/h2-4,7-10,20H,5-6,11-18H2,1H3,(H,29,30)/t20-/m0/s1. The molecule has 6 nitrogen and oxygen atoms in total. The fraction of sp³-hybridized carbons (Fsp3) is 0.500. The Morgan fingerprint density at radius 3 is 2.66 bits per heavy atom. The highest BCUT2D eigenvalue weighted by atomic mass is 16.5. The number of anilines is 1. The van der Waals surface area contributed by atoms with Crippen molar-refractivity contribution in [3.63, 3.8) is 0 Å². The Balaban J connectivity index is 1.43. The third-order valence-corrected chi connectivity index (χ3v) is 7.35. The van der Waals surface area contributed by atoms with E-state index in [9.17, 15) is 9.90 Å². The number of fused-ring (bicyclic) bond motifs is 1. The van der Waals surface area contributed by atoms with Gasteiger partial charge in [0.25, 0.3) is 0 Å². The lowest BCUT2D eigenvalue weighted by molar-refractivity contribution is -0.139. The molecular formula is C26H32N2O4. The van der Waals surface area contributed by atoms with Crippen LogP contribution in [0.15, 0.2) is 42.5 Å². The van der Waals surface area contributed by atoms with Crippen LogP contribution in [0, 0.1) is 0 Å². The van der Waals surface area contributed by atoms with E-state index in [-0.39, 0.29) is 18.2 Å². The number of ether oxygens (including phenoxy) is 2. The summed E-state index contributed by atoms with van der Waals surface area (Å²) in [4.78, 5) is 16.0. The summed E-state index contributed by atoms with van der Waals surface area (Å²) in [5.74, 6) is 0.968. The molecule has 2 aromatic rings. The van der Waals surface area contributed by atoms with Gasteiger partial charge in [0.1, 0.15) is 5.60 Å². The second kappa shape index (κ2) is 8.66. The number of piperazine rings is 1. The highest BCUT2D eigenvalue weighted by Gasteiger charge is 2.45. The van der Waals surface area contributed by atoms with E-state index in [1.807, 2.05) is 24.3 Å². The zero-order valence-electron chi connectivity index (χ0n) is 18.8. The third kappa shape index (κ3) is 4.04.